The average molecular weight is 265 g/mol. The molecule has 2 rings (SSSR count). The lowest BCUT2D eigenvalue weighted by molar-refractivity contribution is 0.0998. The van der Waals surface area contributed by atoms with Crippen LogP contribution in [0, 0.1) is 5.41 Å². The molecule has 1 atom stereocenters. The largest absolute Gasteiger partial charge is 0.467 e. The van der Waals surface area contributed by atoms with E-state index < -0.39 is 0 Å². The second kappa shape index (κ2) is 7.11. The summed E-state index contributed by atoms with van der Waals surface area (Å²) in [4.78, 5) is 0. The van der Waals surface area contributed by atoms with Crippen molar-refractivity contribution in [2.75, 3.05) is 13.2 Å². The van der Waals surface area contributed by atoms with Crippen LogP contribution in [0.1, 0.15) is 51.7 Å². The summed E-state index contributed by atoms with van der Waals surface area (Å²) in [5.74, 6) is 0.904. The molecule has 19 heavy (non-hydrogen) atoms. The first-order chi connectivity index (χ1) is 9.18. The Kier molecular flexibility index (Phi) is 5.46. The Balaban J connectivity index is 1.54. The minimum Gasteiger partial charge on any atom is -0.467 e. The van der Waals surface area contributed by atoms with E-state index in [0.29, 0.717) is 18.1 Å². The zero-order valence-electron chi connectivity index (χ0n) is 12.3. The highest BCUT2D eigenvalue weighted by atomic mass is 16.5. The number of nitrogens with one attached hydrogen (secondary N) is 1. The molecular formula is C16H27NO2. The van der Waals surface area contributed by atoms with Gasteiger partial charge >= 0.3 is 0 Å². The van der Waals surface area contributed by atoms with E-state index in [9.17, 15) is 0 Å². The first kappa shape index (κ1) is 14.6. The second-order valence-corrected chi connectivity index (χ2v) is 6.23. The van der Waals surface area contributed by atoms with Gasteiger partial charge in [-0.15, -0.1) is 0 Å². The highest BCUT2D eigenvalue weighted by molar-refractivity contribution is 4.96. The van der Waals surface area contributed by atoms with Crippen LogP contribution in [-0.4, -0.2) is 19.2 Å². The van der Waals surface area contributed by atoms with Crippen molar-refractivity contribution in [3.05, 3.63) is 24.2 Å². The lowest BCUT2D eigenvalue weighted by Gasteiger charge is -2.39. The van der Waals surface area contributed by atoms with E-state index >= 15 is 0 Å². The van der Waals surface area contributed by atoms with Gasteiger partial charge in [-0.2, -0.15) is 0 Å². The molecule has 1 saturated carbocycles. The summed E-state index contributed by atoms with van der Waals surface area (Å²) in [7, 11) is 0. The topological polar surface area (TPSA) is 34.4 Å². The zero-order valence-corrected chi connectivity index (χ0v) is 12.3. The summed E-state index contributed by atoms with van der Waals surface area (Å²) in [6, 6.07) is 4.51. The Bertz CT molecular complexity index is 346. The Labute approximate surface area is 116 Å². The van der Waals surface area contributed by atoms with Crippen molar-refractivity contribution < 1.29 is 9.15 Å². The number of ether oxygens (including phenoxy) is 1. The SMILES string of the molecule is CC1(C)CCCCC1NCCCOCc1ccco1. The molecule has 0 saturated heterocycles. The molecule has 1 aromatic rings. The lowest BCUT2D eigenvalue weighted by Crippen LogP contribution is -2.44. The molecule has 0 amide bonds. The fourth-order valence-electron chi connectivity index (χ4n) is 2.89. The first-order valence-electron chi connectivity index (χ1n) is 7.52. The highest BCUT2D eigenvalue weighted by Crippen LogP contribution is 2.35. The van der Waals surface area contributed by atoms with Gasteiger partial charge in [-0.3, -0.25) is 0 Å². The van der Waals surface area contributed by atoms with E-state index in [1.807, 2.05) is 12.1 Å². The average Bonchev–Trinajstić information content (AvgIpc) is 2.88. The molecule has 1 aliphatic rings. The Morgan fingerprint density at radius 1 is 1.42 bits per heavy atom. The predicted molar refractivity (Wildman–Crippen MR) is 77.0 cm³/mol. The number of rotatable bonds is 7. The van der Waals surface area contributed by atoms with Crippen LogP contribution in [0.4, 0.5) is 0 Å². The Morgan fingerprint density at radius 2 is 2.32 bits per heavy atom. The van der Waals surface area contributed by atoms with Crippen molar-refractivity contribution in [2.24, 2.45) is 5.41 Å². The van der Waals surface area contributed by atoms with Crippen molar-refractivity contribution in [1.29, 1.82) is 0 Å². The van der Waals surface area contributed by atoms with Crippen LogP contribution >= 0.6 is 0 Å². The van der Waals surface area contributed by atoms with E-state index in [-0.39, 0.29) is 0 Å². The minimum absolute atomic E-state index is 0.452. The molecule has 108 valence electrons. The third-order valence-electron chi connectivity index (χ3n) is 4.19. The maximum atomic E-state index is 5.59. The molecule has 1 unspecified atom stereocenters. The van der Waals surface area contributed by atoms with Crippen LogP contribution in [0.3, 0.4) is 0 Å². The van der Waals surface area contributed by atoms with E-state index in [1.54, 1.807) is 6.26 Å². The van der Waals surface area contributed by atoms with Gasteiger partial charge in [-0.1, -0.05) is 26.7 Å². The molecule has 3 nitrogen and oxygen atoms in total. The second-order valence-electron chi connectivity index (χ2n) is 6.23. The van der Waals surface area contributed by atoms with Crippen LogP contribution in [0.5, 0.6) is 0 Å². The summed E-state index contributed by atoms with van der Waals surface area (Å²) in [6.45, 7) is 7.20. The third kappa shape index (κ3) is 4.66. The van der Waals surface area contributed by atoms with E-state index in [0.717, 1.165) is 25.3 Å². The molecule has 0 aromatic carbocycles. The maximum absolute atomic E-state index is 5.59. The first-order valence-corrected chi connectivity index (χ1v) is 7.52. The fraction of sp³-hybridized carbons (Fsp3) is 0.750. The van der Waals surface area contributed by atoms with Crippen LogP contribution in [0.25, 0.3) is 0 Å². The molecule has 1 aliphatic carbocycles. The van der Waals surface area contributed by atoms with Gasteiger partial charge in [-0.05, 0) is 43.4 Å². The summed E-state index contributed by atoms with van der Waals surface area (Å²) in [5, 5.41) is 3.70. The van der Waals surface area contributed by atoms with Gasteiger partial charge < -0.3 is 14.5 Å². The third-order valence-corrected chi connectivity index (χ3v) is 4.19. The number of furan rings is 1. The van der Waals surface area contributed by atoms with Gasteiger partial charge in [0, 0.05) is 12.6 Å². The van der Waals surface area contributed by atoms with Gasteiger partial charge in [0.15, 0.2) is 0 Å². The van der Waals surface area contributed by atoms with Crippen molar-refractivity contribution in [3.63, 3.8) is 0 Å². The summed E-state index contributed by atoms with van der Waals surface area (Å²) in [5.41, 5.74) is 0.452. The van der Waals surface area contributed by atoms with Crippen LogP contribution in [-0.2, 0) is 11.3 Å². The van der Waals surface area contributed by atoms with Crippen molar-refractivity contribution in [2.45, 2.75) is 58.6 Å². The molecule has 1 fully saturated rings. The van der Waals surface area contributed by atoms with Crippen molar-refractivity contribution in [1.82, 2.24) is 5.32 Å². The zero-order chi connectivity index (χ0) is 13.6. The maximum Gasteiger partial charge on any atom is 0.129 e. The van der Waals surface area contributed by atoms with Gasteiger partial charge in [0.1, 0.15) is 12.4 Å². The molecule has 1 aromatic heterocycles. The molecular weight excluding hydrogens is 238 g/mol. The van der Waals surface area contributed by atoms with Crippen molar-refractivity contribution >= 4 is 0 Å². The normalized spacial score (nSPS) is 22.5. The van der Waals surface area contributed by atoms with E-state index in [4.69, 9.17) is 9.15 Å². The summed E-state index contributed by atoms with van der Waals surface area (Å²) >= 11 is 0. The predicted octanol–water partition coefficient (Wildman–Crippen LogP) is 3.74. The van der Waals surface area contributed by atoms with E-state index in [1.165, 1.54) is 25.7 Å². The molecule has 0 radical (unpaired) electrons. The van der Waals surface area contributed by atoms with E-state index in [2.05, 4.69) is 19.2 Å². The lowest BCUT2D eigenvalue weighted by atomic mass is 9.73. The smallest absolute Gasteiger partial charge is 0.129 e. The summed E-state index contributed by atoms with van der Waals surface area (Å²) in [6.07, 6.45) is 8.17. The van der Waals surface area contributed by atoms with Gasteiger partial charge in [-0.25, -0.2) is 0 Å². The monoisotopic (exact) mass is 265 g/mol. The summed E-state index contributed by atoms with van der Waals surface area (Å²) < 4.78 is 10.8. The molecule has 1 heterocycles. The number of hydrogen-bond acceptors (Lipinski definition) is 3. The Hall–Kier alpha value is -0.800. The fourth-order valence-corrected chi connectivity index (χ4v) is 2.89. The molecule has 0 spiro atoms. The molecule has 3 heteroatoms. The van der Waals surface area contributed by atoms with Crippen molar-refractivity contribution in [3.8, 4) is 0 Å². The van der Waals surface area contributed by atoms with Crippen LogP contribution in [0.15, 0.2) is 22.8 Å². The quantitative estimate of drug-likeness (QED) is 0.763. The van der Waals surface area contributed by atoms with Crippen LogP contribution < -0.4 is 5.32 Å². The molecule has 1 N–H and O–H groups in total. The number of hydrogen-bond donors (Lipinski definition) is 1. The highest BCUT2D eigenvalue weighted by Gasteiger charge is 2.31. The molecule has 0 aliphatic heterocycles. The molecule has 0 bridgehead atoms. The standard InChI is InChI=1S/C16H27NO2/c1-16(2)9-4-3-8-15(16)17-10-6-11-18-13-14-7-5-12-19-14/h5,7,12,15,17H,3-4,6,8-11,13H2,1-2H3. The van der Waals surface area contributed by atoms with Gasteiger partial charge in [0.25, 0.3) is 0 Å². The Morgan fingerprint density at radius 3 is 3.05 bits per heavy atom. The minimum atomic E-state index is 0.452. The van der Waals surface area contributed by atoms with Gasteiger partial charge in [0.05, 0.1) is 6.26 Å². The van der Waals surface area contributed by atoms with Crippen LogP contribution in [0.2, 0.25) is 0 Å². The van der Waals surface area contributed by atoms with Gasteiger partial charge in [0.2, 0.25) is 0 Å².